The topological polar surface area (TPSA) is 79.8 Å². The number of ether oxygens (including phenoxy) is 1. The molecule has 0 saturated carbocycles. The highest BCUT2D eigenvalue weighted by atomic mass is 127. The minimum atomic E-state index is -1.47. The largest absolute Gasteiger partial charge is 0.491 e. The highest BCUT2D eigenvalue weighted by Crippen LogP contribution is 2.32. The molecule has 33 heavy (non-hydrogen) atoms. The third-order valence-corrected chi connectivity index (χ3v) is 5.17. The van der Waals surface area contributed by atoms with E-state index in [4.69, 9.17) is 21.2 Å². The molecule has 0 spiro atoms. The summed E-state index contributed by atoms with van der Waals surface area (Å²) in [5.74, 6) is -4.07. The Balaban J connectivity index is 1.67. The van der Waals surface area contributed by atoms with E-state index >= 15 is 0 Å². The summed E-state index contributed by atoms with van der Waals surface area (Å²) in [7, 11) is 0. The molecule has 6 nitrogen and oxygen atoms in total. The van der Waals surface area contributed by atoms with E-state index in [9.17, 15) is 23.1 Å². The molecule has 0 radical (unpaired) electrons. The van der Waals surface area contributed by atoms with Crippen molar-refractivity contribution in [1.29, 1.82) is 0 Å². The standard InChI is InChI=1S/C22H17ClF3IN2O4/c23-16-9-15(21(20(26)19(16)25)28-18-7-6-12(27)8-17(18)24)22(31)29-33-11-13(30)10-32-14-4-2-1-3-5-14/h1-9,13,28,30H,10-11H2,(H,29,31). The van der Waals surface area contributed by atoms with Gasteiger partial charge in [-0.1, -0.05) is 29.8 Å². The second-order valence-corrected chi connectivity index (χ2v) is 8.33. The smallest absolute Gasteiger partial charge is 0.277 e. The molecule has 0 aliphatic rings. The number of para-hydroxylation sites is 1. The van der Waals surface area contributed by atoms with E-state index in [0.717, 1.165) is 6.07 Å². The van der Waals surface area contributed by atoms with Gasteiger partial charge in [0.1, 0.15) is 30.9 Å². The van der Waals surface area contributed by atoms with Crippen molar-refractivity contribution in [3.8, 4) is 5.75 Å². The van der Waals surface area contributed by atoms with Gasteiger partial charge in [0.2, 0.25) is 0 Å². The predicted molar refractivity (Wildman–Crippen MR) is 125 cm³/mol. The van der Waals surface area contributed by atoms with Crippen molar-refractivity contribution in [1.82, 2.24) is 5.48 Å². The van der Waals surface area contributed by atoms with Crippen molar-refractivity contribution >= 4 is 51.5 Å². The maximum Gasteiger partial charge on any atom is 0.277 e. The molecule has 174 valence electrons. The number of benzene rings is 3. The number of amides is 1. The maximum absolute atomic E-state index is 14.6. The average Bonchev–Trinajstić information content (AvgIpc) is 2.80. The quantitative estimate of drug-likeness (QED) is 0.181. The first-order chi connectivity index (χ1) is 15.8. The van der Waals surface area contributed by atoms with Crippen LogP contribution >= 0.6 is 34.2 Å². The maximum atomic E-state index is 14.6. The van der Waals surface area contributed by atoms with Crippen LogP contribution in [-0.4, -0.2) is 30.3 Å². The molecule has 3 rings (SSSR count). The number of hydrogen-bond donors (Lipinski definition) is 3. The molecule has 0 aromatic heterocycles. The van der Waals surface area contributed by atoms with E-state index in [1.807, 2.05) is 34.1 Å². The van der Waals surface area contributed by atoms with Crippen molar-refractivity contribution in [2.24, 2.45) is 0 Å². The molecule has 11 heteroatoms. The minimum Gasteiger partial charge on any atom is -0.491 e. The van der Waals surface area contributed by atoms with Crippen molar-refractivity contribution in [2.45, 2.75) is 6.10 Å². The number of carbonyl (C=O) groups is 1. The van der Waals surface area contributed by atoms with Crippen molar-refractivity contribution in [2.75, 3.05) is 18.5 Å². The molecule has 3 N–H and O–H groups in total. The lowest BCUT2D eigenvalue weighted by Gasteiger charge is -2.16. The van der Waals surface area contributed by atoms with Gasteiger partial charge in [0.05, 0.1) is 22.0 Å². The predicted octanol–water partition coefficient (Wildman–Crippen LogP) is 5.21. The van der Waals surface area contributed by atoms with Crippen LogP contribution in [0.15, 0.2) is 54.6 Å². The SMILES string of the molecule is O=C(NOCC(O)COc1ccccc1)c1cc(Cl)c(F)c(F)c1Nc1ccc(I)cc1F. The summed E-state index contributed by atoms with van der Waals surface area (Å²) >= 11 is 7.57. The number of aliphatic hydroxyl groups is 1. The normalized spacial score (nSPS) is 11.7. The van der Waals surface area contributed by atoms with Crippen LogP contribution in [0.1, 0.15) is 10.4 Å². The number of carbonyl (C=O) groups excluding carboxylic acids is 1. The van der Waals surface area contributed by atoms with Crippen molar-refractivity contribution in [3.63, 3.8) is 0 Å². The zero-order chi connectivity index (χ0) is 24.0. The number of nitrogens with one attached hydrogen (secondary N) is 2. The highest BCUT2D eigenvalue weighted by Gasteiger charge is 2.23. The molecule has 0 heterocycles. The summed E-state index contributed by atoms with van der Waals surface area (Å²) in [6, 6.07) is 13.6. The number of hydroxylamine groups is 1. The van der Waals surface area contributed by atoms with E-state index in [1.165, 1.54) is 18.2 Å². The summed E-state index contributed by atoms with van der Waals surface area (Å²) < 4.78 is 48.7. The zero-order valence-electron chi connectivity index (χ0n) is 16.7. The van der Waals surface area contributed by atoms with E-state index in [-0.39, 0.29) is 18.9 Å². The van der Waals surface area contributed by atoms with E-state index < -0.39 is 45.7 Å². The molecular formula is C22H17ClF3IN2O4. The fourth-order valence-electron chi connectivity index (χ4n) is 2.64. The molecule has 1 atom stereocenters. The Kier molecular flexibility index (Phi) is 8.78. The summed E-state index contributed by atoms with van der Waals surface area (Å²) in [6.07, 6.45) is -1.10. The molecule has 3 aromatic carbocycles. The van der Waals surface area contributed by atoms with Crippen LogP contribution in [0.2, 0.25) is 5.02 Å². The summed E-state index contributed by atoms with van der Waals surface area (Å²) in [6.45, 7) is -0.472. The first kappa shape index (κ1) is 25.1. The van der Waals surface area contributed by atoms with Gasteiger partial charge in [-0.15, -0.1) is 0 Å². The number of rotatable bonds is 9. The third-order valence-electron chi connectivity index (χ3n) is 4.22. The number of aliphatic hydroxyl groups excluding tert-OH is 1. The first-order valence-corrected chi connectivity index (χ1v) is 10.9. The Morgan fingerprint density at radius 2 is 1.79 bits per heavy atom. The van der Waals surface area contributed by atoms with Gasteiger partial charge in [0, 0.05) is 3.57 Å². The van der Waals surface area contributed by atoms with Crippen LogP contribution in [0.4, 0.5) is 24.5 Å². The van der Waals surface area contributed by atoms with Gasteiger partial charge in [0.15, 0.2) is 11.6 Å². The molecule has 0 bridgehead atoms. The molecular weight excluding hydrogens is 576 g/mol. The van der Waals surface area contributed by atoms with Crippen LogP contribution in [0.3, 0.4) is 0 Å². The van der Waals surface area contributed by atoms with Crippen molar-refractivity contribution in [3.05, 3.63) is 86.2 Å². The molecule has 0 fully saturated rings. The zero-order valence-corrected chi connectivity index (χ0v) is 19.7. The van der Waals surface area contributed by atoms with Crippen LogP contribution < -0.4 is 15.5 Å². The van der Waals surface area contributed by atoms with Crippen molar-refractivity contribution < 1.29 is 32.6 Å². The molecule has 0 aliphatic carbocycles. The number of anilines is 2. The molecule has 1 unspecified atom stereocenters. The second-order valence-electron chi connectivity index (χ2n) is 6.68. The molecule has 0 saturated heterocycles. The molecule has 1 amide bonds. The van der Waals surface area contributed by atoms with Crippen LogP contribution in [-0.2, 0) is 4.84 Å². The summed E-state index contributed by atoms with van der Waals surface area (Å²) in [5, 5.41) is 11.7. The first-order valence-electron chi connectivity index (χ1n) is 9.44. The van der Waals surface area contributed by atoms with Gasteiger partial charge in [-0.2, -0.15) is 0 Å². The summed E-state index contributed by atoms with van der Waals surface area (Å²) in [4.78, 5) is 17.5. The Morgan fingerprint density at radius 3 is 2.48 bits per heavy atom. The van der Waals surface area contributed by atoms with Gasteiger partial charge >= 0.3 is 0 Å². The van der Waals surface area contributed by atoms with Gasteiger partial charge in [-0.05, 0) is 59.0 Å². The summed E-state index contributed by atoms with van der Waals surface area (Å²) in [5.41, 5.74) is 0.762. The fourth-order valence-corrected chi connectivity index (χ4v) is 3.28. The third kappa shape index (κ3) is 6.73. The van der Waals surface area contributed by atoms with Gasteiger partial charge in [-0.3, -0.25) is 9.63 Å². The highest BCUT2D eigenvalue weighted by molar-refractivity contribution is 14.1. The van der Waals surface area contributed by atoms with E-state index in [1.54, 1.807) is 24.3 Å². The lowest BCUT2D eigenvalue weighted by molar-refractivity contribution is -0.0259. The monoisotopic (exact) mass is 592 g/mol. The Bertz CT molecular complexity index is 1140. The lowest BCUT2D eigenvalue weighted by atomic mass is 10.1. The number of halogens is 5. The minimum absolute atomic E-state index is 0.115. The second kappa shape index (κ2) is 11.5. The van der Waals surface area contributed by atoms with Crippen LogP contribution in [0.5, 0.6) is 5.75 Å². The Hall–Kier alpha value is -2.54. The van der Waals surface area contributed by atoms with Gasteiger partial charge in [0.25, 0.3) is 5.91 Å². The van der Waals surface area contributed by atoms with E-state index in [2.05, 4.69) is 5.32 Å². The Morgan fingerprint density at radius 1 is 1.06 bits per heavy atom. The Labute approximate surface area is 205 Å². The van der Waals surface area contributed by atoms with Gasteiger partial charge in [-0.25, -0.2) is 18.7 Å². The lowest BCUT2D eigenvalue weighted by Crippen LogP contribution is -2.31. The van der Waals surface area contributed by atoms with Crippen LogP contribution in [0.25, 0.3) is 0 Å². The average molecular weight is 593 g/mol. The fraction of sp³-hybridized carbons (Fsp3) is 0.136. The number of hydrogen-bond acceptors (Lipinski definition) is 5. The van der Waals surface area contributed by atoms with Crippen LogP contribution in [0, 0.1) is 21.0 Å². The molecule has 3 aromatic rings. The van der Waals surface area contributed by atoms with E-state index in [0.29, 0.717) is 9.32 Å². The van der Waals surface area contributed by atoms with Gasteiger partial charge < -0.3 is 15.2 Å². The molecule has 0 aliphatic heterocycles.